The van der Waals surface area contributed by atoms with E-state index in [1.807, 2.05) is 12.1 Å². The van der Waals surface area contributed by atoms with Gasteiger partial charge in [-0.25, -0.2) is 0 Å². The molecule has 0 nitrogen and oxygen atoms in total. The smallest absolute Gasteiger partial charge is 0.107 e. The zero-order valence-corrected chi connectivity index (χ0v) is 14.3. The van der Waals surface area contributed by atoms with Crippen LogP contribution >= 0.6 is 66.4 Å². The van der Waals surface area contributed by atoms with Crippen LogP contribution in [-0.4, -0.2) is 0 Å². The van der Waals surface area contributed by atoms with Crippen LogP contribution in [0, 0.1) is 6.92 Å². The molecule has 0 spiro atoms. The van der Waals surface area contributed by atoms with Gasteiger partial charge in [0, 0.05) is 13.8 Å². The lowest BCUT2D eigenvalue weighted by atomic mass is 10.0. The summed E-state index contributed by atoms with van der Waals surface area (Å²) in [6.07, 6.45) is 0. The number of alkyl halides is 1. The number of rotatable bonds is 2. The number of benzene rings is 1. The third kappa shape index (κ3) is 3.07. The van der Waals surface area contributed by atoms with Crippen LogP contribution in [0.3, 0.4) is 0 Å². The van der Waals surface area contributed by atoms with E-state index < -0.39 is 0 Å². The first kappa shape index (κ1) is 13.9. The van der Waals surface area contributed by atoms with E-state index >= 15 is 0 Å². The minimum Gasteiger partial charge on any atom is -0.125 e. The van der Waals surface area contributed by atoms with Gasteiger partial charge in [-0.05, 0) is 52.2 Å². The van der Waals surface area contributed by atoms with Crippen molar-refractivity contribution in [2.75, 3.05) is 0 Å². The average molecular weight is 415 g/mol. The minimum atomic E-state index is -0.165. The van der Waals surface area contributed by atoms with Gasteiger partial charge in [0.2, 0.25) is 0 Å². The van der Waals surface area contributed by atoms with Crippen LogP contribution in [-0.2, 0) is 0 Å². The largest absolute Gasteiger partial charge is 0.125 e. The van der Waals surface area contributed by atoms with Crippen molar-refractivity contribution >= 4 is 66.4 Å². The van der Waals surface area contributed by atoms with Gasteiger partial charge < -0.3 is 0 Å². The summed E-state index contributed by atoms with van der Waals surface area (Å²) in [5.74, 6) is 0. The maximum Gasteiger partial charge on any atom is 0.107 e. The van der Waals surface area contributed by atoms with Crippen LogP contribution in [0.1, 0.15) is 21.4 Å². The molecule has 0 aliphatic rings. The second kappa shape index (κ2) is 5.62. The first-order chi connectivity index (χ1) is 7.99. The van der Waals surface area contributed by atoms with Gasteiger partial charge in [-0.15, -0.1) is 22.9 Å². The van der Waals surface area contributed by atoms with Gasteiger partial charge >= 0.3 is 0 Å². The number of aryl methyl sites for hydroxylation is 1. The summed E-state index contributed by atoms with van der Waals surface area (Å²) in [5.41, 5.74) is 2.28. The Labute approximate surface area is 131 Å². The van der Waals surface area contributed by atoms with Crippen molar-refractivity contribution in [1.82, 2.24) is 0 Å². The molecule has 0 N–H and O–H groups in total. The Bertz CT molecular complexity index is 532. The lowest BCUT2D eigenvalue weighted by Gasteiger charge is -2.11. The number of thiophene rings is 1. The molecule has 90 valence electrons. The zero-order chi connectivity index (χ0) is 12.6. The summed E-state index contributed by atoms with van der Waals surface area (Å²) < 4.78 is 2.67. The zero-order valence-electron chi connectivity index (χ0n) is 8.81. The Morgan fingerprint density at radius 2 is 1.94 bits per heavy atom. The monoisotopic (exact) mass is 412 g/mol. The van der Waals surface area contributed by atoms with Gasteiger partial charge in [-0.2, -0.15) is 0 Å². The van der Waals surface area contributed by atoms with Crippen molar-refractivity contribution in [3.05, 3.63) is 53.6 Å². The maximum atomic E-state index is 6.50. The summed E-state index contributed by atoms with van der Waals surface area (Å²) in [6, 6.07) is 8.10. The van der Waals surface area contributed by atoms with E-state index in [1.165, 1.54) is 16.9 Å². The van der Waals surface area contributed by atoms with E-state index in [-0.39, 0.29) is 5.38 Å². The standard InChI is InChI=1S/C12H8Br2Cl2S/c1-6-2-3-7(13)4-8(6)11(15)10-5-9(14)12(16)17-10/h2-5,11H,1H3. The molecule has 17 heavy (non-hydrogen) atoms. The SMILES string of the molecule is Cc1ccc(Br)cc1C(Cl)c1cc(Br)c(Cl)s1. The summed E-state index contributed by atoms with van der Waals surface area (Å²) in [6.45, 7) is 2.06. The van der Waals surface area contributed by atoms with Crippen LogP contribution in [0.15, 0.2) is 33.2 Å². The van der Waals surface area contributed by atoms with Crippen LogP contribution in [0.25, 0.3) is 0 Å². The molecule has 0 bridgehead atoms. The summed E-state index contributed by atoms with van der Waals surface area (Å²) in [5, 5.41) is -0.165. The molecule has 1 aromatic heterocycles. The van der Waals surface area contributed by atoms with Crippen LogP contribution in [0.5, 0.6) is 0 Å². The molecule has 0 aliphatic carbocycles. The van der Waals surface area contributed by atoms with Crippen molar-refractivity contribution in [3.63, 3.8) is 0 Å². The highest BCUT2D eigenvalue weighted by Crippen LogP contribution is 2.41. The molecule has 0 saturated heterocycles. The van der Waals surface area contributed by atoms with E-state index in [4.69, 9.17) is 23.2 Å². The third-order valence-electron chi connectivity index (χ3n) is 2.43. The van der Waals surface area contributed by atoms with Gasteiger partial charge in [0.1, 0.15) is 4.34 Å². The number of hydrogen-bond donors (Lipinski definition) is 0. The second-order valence-electron chi connectivity index (χ2n) is 3.63. The first-order valence-electron chi connectivity index (χ1n) is 4.84. The topological polar surface area (TPSA) is 0 Å². The Kier molecular flexibility index (Phi) is 4.59. The van der Waals surface area contributed by atoms with Crippen molar-refractivity contribution < 1.29 is 0 Å². The summed E-state index contributed by atoms with van der Waals surface area (Å²) in [4.78, 5) is 1.05. The lowest BCUT2D eigenvalue weighted by molar-refractivity contribution is 1.14. The Balaban J connectivity index is 2.42. The van der Waals surface area contributed by atoms with Crippen molar-refractivity contribution in [2.24, 2.45) is 0 Å². The molecule has 0 amide bonds. The maximum absolute atomic E-state index is 6.50. The van der Waals surface area contributed by atoms with E-state index in [0.717, 1.165) is 23.7 Å². The minimum absolute atomic E-state index is 0.165. The molecule has 0 aliphatic heterocycles. The van der Waals surface area contributed by atoms with Gasteiger partial charge in [0.05, 0.1) is 5.38 Å². The summed E-state index contributed by atoms with van der Waals surface area (Å²) in [7, 11) is 0. The van der Waals surface area contributed by atoms with Gasteiger partial charge in [0.25, 0.3) is 0 Å². The van der Waals surface area contributed by atoms with E-state index in [9.17, 15) is 0 Å². The highest BCUT2D eigenvalue weighted by molar-refractivity contribution is 9.10. The van der Waals surface area contributed by atoms with Crippen molar-refractivity contribution in [2.45, 2.75) is 12.3 Å². The molecule has 1 aromatic carbocycles. The molecule has 5 heteroatoms. The third-order valence-corrected chi connectivity index (χ3v) is 6.06. The molecule has 0 saturated carbocycles. The number of hydrogen-bond acceptors (Lipinski definition) is 1. The Morgan fingerprint density at radius 3 is 2.53 bits per heavy atom. The fraction of sp³-hybridized carbons (Fsp3) is 0.167. The molecule has 1 heterocycles. The van der Waals surface area contributed by atoms with Crippen LogP contribution in [0.4, 0.5) is 0 Å². The first-order valence-corrected chi connectivity index (χ1v) is 8.05. The molecule has 1 atom stereocenters. The van der Waals surface area contributed by atoms with E-state index in [2.05, 4.69) is 50.9 Å². The molecular formula is C12H8Br2Cl2S. The lowest BCUT2D eigenvalue weighted by Crippen LogP contribution is -1.93. The molecule has 2 aromatic rings. The van der Waals surface area contributed by atoms with Crippen molar-refractivity contribution in [1.29, 1.82) is 0 Å². The highest BCUT2D eigenvalue weighted by atomic mass is 79.9. The fourth-order valence-electron chi connectivity index (χ4n) is 1.53. The highest BCUT2D eigenvalue weighted by Gasteiger charge is 2.17. The van der Waals surface area contributed by atoms with E-state index in [0.29, 0.717) is 0 Å². The van der Waals surface area contributed by atoms with Gasteiger partial charge in [0.15, 0.2) is 0 Å². The number of halogens is 4. The predicted octanol–water partition coefficient (Wildman–Crippen LogP) is 6.56. The molecular weight excluding hydrogens is 407 g/mol. The van der Waals surface area contributed by atoms with Crippen LogP contribution in [0.2, 0.25) is 4.34 Å². The molecule has 0 fully saturated rings. The summed E-state index contributed by atoms with van der Waals surface area (Å²) >= 11 is 20.9. The van der Waals surface area contributed by atoms with Gasteiger partial charge in [-0.1, -0.05) is 33.6 Å². The molecule has 2 rings (SSSR count). The quantitative estimate of drug-likeness (QED) is 0.488. The Hall–Kier alpha value is 0.460. The Morgan fingerprint density at radius 1 is 1.24 bits per heavy atom. The van der Waals surface area contributed by atoms with Crippen LogP contribution < -0.4 is 0 Å². The second-order valence-corrected chi connectivity index (χ2v) is 7.53. The van der Waals surface area contributed by atoms with Gasteiger partial charge in [-0.3, -0.25) is 0 Å². The normalized spacial score (nSPS) is 12.8. The molecule has 0 radical (unpaired) electrons. The predicted molar refractivity (Wildman–Crippen MR) is 83.6 cm³/mol. The molecule has 1 unspecified atom stereocenters. The average Bonchev–Trinajstić information content (AvgIpc) is 2.62. The van der Waals surface area contributed by atoms with Crippen molar-refractivity contribution in [3.8, 4) is 0 Å². The fourth-order valence-corrected chi connectivity index (χ4v) is 4.07. The van der Waals surface area contributed by atoms with E-state index in [1.54, 1.807) is 0 Å².